The summed E-state index contributed by atoms with van der Waals surface area (Å²) < 4.78 is 0. The number of carbonyl (C=O) groups excluding carboxylic acids is 1. The molecule has 0 radical (unpaired) electrons. The molecular formula is C12H18N2O2. The van der Waals surface area contributed by atoms with Gasteiger partial charge in [-0.25, -0.2) is 4.98 Å². The van der Waals surface area contributed by atoms with Crippen LogP contribution in [0.5, 0.6) is 5.75 Å². The molecule has 88 valence electrons. The lowest BCUT2D eigenvalue weighted by atomic mass is 10.1. The van der Waals surface area contributed by atoms with Crippen LogP contribution >= 0.6 is 0 Å². The second-order valence-electron chi connectivity index (χ2n) is 3.76. The van der Waals surface area contributed by atoms with Crippen LogP contribution in [-0.2, 0) is 0 Å². The number of amides is 1. The summed E-state index contributed by atoms with van der Waals surface area (Å²) in [5.41, 5.74) is 0.122. The molecule has 0 saturated heterocycles. The van der Waals surface area contributed by atoms with E-state index in [9.17, 15) is 9.90 Å². The van der Waals surface area contributed by atoms with E-state index in [4.69, 9.17) is 0 Å². The maximum absolute atomic E-state index is 12.0. The topological polar surface area (TPSA) is 53.4 Å². The highest BCUT2D eigenvalue weighted by Crippen LogP contribution is 2.17. The largest absolute Gasteiger partial charge is 0.505 e. The van der Waals surface area contributed by atoms with Gasteiger partial charge in [-0.2, -0.15) is 0 Å². The van der Waals surface area contributed by atoms with Gasteiger partial charge < -0.3 is 10.0 Å². The first-order chi connectivity index (χ1) is 7.61. The SMILES string of the molecule is CCC(CC)N(C)C(=O)c1ncccc1O. The van der Waals surface area contributed by atoms with Gasteiger partial charge in [0.05, 0.1) is 0 Å². The number of pyridine rings is 1. The third-order valence-electron chi connectivity index (χ3n) is 2.80. The Morgan fingerprint density at radius 2 is 2.12 bits per heavy atom. The number of hydrogen-bond acceptors (Lipinski definition) is 3. The van der Waals surface area contributed by atoms with E-state index in [1.807, 2.05) is 13.8 Å². The Balaban J connectivity index is 2.90. The van der Waals surface area contributed by atoms with Gasteiger partial charge in [-0.05, 0) is 25.0 Å². The lowest BCUT2D eigenvalue weighted by Gasteiger charge is -2.26. The summed E-state index contributed by atoms with van der Waals surface area (Å²) in [6.45, 7) is 4.08. The number of hydrogen-bond donors (Lipinski definition) is 1. The maximum Gasteiger partial charge on any atom is 0.276 e. The third kappa shape index (κ3) is 2.51. The fourth-order valence-corrected chi connectivity index (χ4v) is 1.73. The van der Waals surface area contributed by atoms with Gasteiger partial charge in [-0.15, -0.1) is 0 Å². The zero-order valence-corrected chi connectivity index (χ0v) is 9.97. The fourth-order valence-electron chi connectivity index (χ4n) is 1.73. The molecule has 1 heterocycles. The quantitative estimate of drug-likeness (QED) is 0.848. The van der Waals surface area contributed by atoms with Crippen LogP contribution in [0.25, 0.3) is 0 Å². The minimum absolute atomic E-state index is 0.0645. The van der Waals surface area contributed by atoms with Crippen LogP contribution < -0.4 is 0 Å². The second-order valence-corrected chi connectivity index (χ2v) is 3.76. The van der Waals surface area contributed by atoms with Crippen molar-refractivity contribution in [1.29, 1.82) is 0 Å². The Hall–Kier alpha value is -1.58. The van der Waals surface area contributed by atoms with E-state index in [0.717, 1.165) is 12.8 Å². The van der Waals surface area contributed by atoms with Crippen LogP contribution in [-0.4, -0.2) is 34.0 Å². The summed E-state index contributed by atoms with van der Waals surface area (Å²) in [6, 6.07) is 3.26. The van der Waals surface area contributed by atoms with Crippen molar-refractivity contribution in [3.8, 4) is 5.75 Å². The highest BCUT2D eigenvalue weighted by molar-refractivity contribution is 5.94. The second kappa shape index (κ2) is 5.49. The number of nitrogens with zero attached hydrogens (tertiary/aromatic N) is 2. The predicted octanol–water partition coefficient (Wildman–Crippen LogP) is 2.05. The van der Waals surface area contributed by atoms with Crippen molar-refractivity contribution in [2.45, 2.75) is 32.7 Å². The molecule has 4 nitrogen and oxygen atoms in total. The van der Waals surface area contributed by atoms with E-state index in [-0.39, 0.29) is 23.4 Å². The molecule has 0 aromatic carbocycles. The molecule has 4 heteroatoms. The molecule has 0 spiro atoms. The zero-order valence-electron chi connectivity index (χ0n) is 9.97. The van der Waals surface area contributed by atoms with Crippen LogP contribution in [0.1, 0.15) is 37.2 Å². The van der Waals surface area contributed by atoms with E-state index in [1.54, 1.807) is 18.0 Å². The van der Waals surface area contributed by atoms with Crippen molar-refractivity contribution < 1.29 is 9.90 Å². The number of aromatic hydroxyl groups is 1. The standard InChI is InChI=1S/C12H18N2O2/c1-4-9(5-2)14(3)12(16)11-10(15)7-6-8-13-11/h6-9,15H,4-5H2,1-3H3. The van der Waals surface area contributed by atoms with Crippen LogP contribution in [0, 0.1) is 0 Å². The van der Waals surface area contributed by atoms with Gasteiger partial charge in [0.25, 0.3) is 5.91 Å². The van der Waals surface area contributed by atoms with Gasteiger partial charge in [0.15, 0.2) is 5.69 Å². The van der Waals surface area contributed by atoms with E-state index in [2.05, 4.69) is 4.98 Å². The smallest absolute Gasteiger partial charge is 0.276 e. The maximum atomic E-state index is 12.0. The van der Waals surface area contributed by atoms with E-state index < -0.39 is 0 Å². The van der Waals surface area contributed by atoms with Crippen molar-refractivity contribution in [1.82, 2.24) is 9.88 Å². The van der Waals surface area contributed by atoms with E-state index in [1.165, 1.54) is 12.3 Å². The number of rotatable bonds is 4. The molecule has 1 aromatic rings. The Morgan fingerprint density at radius 1 is 1.50 bits per heavy atom. The molecule has 0 fully saturated rings. The highest BCUT2D eigenvalue weighted by Gasteiger charge is 2.21. The minimum atomic E-state index is -0.230. The van der Waals surface area contributed by atoms with Gasteiger partial charge in [0, 0.05) is 19.3 Å². The first-order valence-electron chi connectivity index (χ1n) is 5.52. The van der Waals surface area contributed by atoms with Crippen molar-refractivity contribution in [3.63, 3.8) is 0 Å². The summed E-state index contributed by atoms with van der Waals surface area (Å²) in [4.78, 5) is 17.6. The van der Waals surface area contributed by atoms with Gasteiger partial charge >= 0.3 is 0 Å². The van der Waals surface area contributed by atoms with Crippen molar-refractivity contribution in [2.24, 2.45) is 0 Å². The molecule has 0 atom stereocenters. The zero-order chi connectivity index (χ0) is 12.1. The first kappa shape index (κ1) is 12.5. The van der Waals surface area contributed by atoms with Crippen LogP contribution in [0.3, 0.4) is 0 Å². The van der Waals surface area contributed by atoms with Gasteiger partial charge in [-0.3, -0.25) is 4.79 Å². The monoisotopic (exact) mass is 222 g/mol. The number of aromatic nitrogens is 1. The first-order valence-corrected chi connectivity index (χ1v) is 5.52. The molecule has 0 unspecified atom stereocenters. The molecule has 16 heavy (non-hydrogen) atoms. The lowest BCUT2D eigenvalue weighted by Crippen LogP contribution is -2.36. The Labute approximate surface area is 95.9 Å². The molecule has 0 aliphatic carbocycles. The van der Waals surface area contributed by atoms with Gasteiger partial charge in [0.1, 0.15) is 5.75 Å². The molecular weight excluding hydrogens is 204 g/mol. The van der Waals surface area contributed by atoms with Crippen molar-refractivity contribution in [2.75, 3.05) is 7.05 Å². The summed E-state index contributed by atoms with van der Waals surface area (Å²) in [5.74, 6) is -0.294. The molecule has 1 rings (SSSR count). The van der Waals surface area contributed by atoms with Crippen molar-refractivity contribution in [3.05, 3.63) is 24.0 Å². The Morgan fingerprint density at radius 3 is 2.62 bits per heavy atom. The van der Waals surface area contributed by atoms with Crippen LogP contribution in [0.2, 0.25) is 0 Å². The van der Waals surface area contributed by atoms with E-state index >= 15 is 0 Å². The van der Waals surface area contributed by atoms with E-state index in [0.29, 0.717) is 0 Å². The Kier molecular flexibility index (Phi) is 4.28. The highest BCUT2D eigenvalue weighted by atomic mass is 16.3. The average molecular weight is 222 g/mol. The molecule has 0 aliphatic rings. The molecule has 0 bridgehead atoms. The average Bonchev–Trinajstić information content (AvgIpc) is 2.30. The number of carbonyl (C=O) groups is 1. The van der Waals surface area contributed by atoms with Gasteiger partial charge in [-0.1, -0.05) is 13.8 Å². The lowest BCUT2D eigenvalue weighted by molar-refractivity contribution is 0.0714. The normalized spacial score (nSPS) is 10.5. The van der Waals surface area contributed by atoms with Gasteiger partial charge in [0.2, 0.25) is 0 Å². The summed E-state index contributed by atoms with van der Waals surface area (Å²) in [5, 5.41) is 9.55. The van der Waals surface area contributed by atoms with Crippen molar-refractivity contribution >= 4 is 5.91 Å². The summed E-state index contributed by atoms with van der Waals surface area (Å²) in [6.07, 6.45) is 3.30. The fraction of sp³-hybridized carbons (Fsp3) is 0.500. The molecule has 1 aromatic heterocycles. The molecule has 1 N–H and O–H groups in total. The Bertz CT molecular complexity index is 362. The predicted molar refractivity (Wildman–Crippen MR) is 62.4 cm³/mol. The molecule has 0 saturated carbocycles. The van der Waals surface area contributed by atoms with Crippen LogP contribution in [0.15, 0.2) is 18.3 Å². The third-order valence-corrected chi connectivity index (χ3v) is 2.80. The summed E-state index contributed by atoms with van der Waals surface area (Å²) in [7, 11) is 1.74. The summed E-state index contributed by atoms with van der Waals surface area (Å²) >= 11 is 0. The minimum Gasteiger partial charge on any atom is -0.505 e. The molecule has 1 amide bonds. The molecule has 0 aliphatic heterocycles. The van der Waals surface area contributed by atoms with Crippen LogP contribution in [0.4, 0.5) is 0 Å².